The second kappa shape index (κ2) is 13.2. The van der Waals surface area contributed by atoms with E-state index in [0.717, 1.165) is 60.7 Å². The maximum Gasteiger partial charge on any atom is 0.414 e. The van der Waals surface area contributed by atoms with Gasteiger partial charge in [-0.1, -0.05) is 37.6 Å². The Labute approximate surface area is 199 Å². The summed E-state index contributed by atoms with van der Waals surface area (Å²) in [5.41, 5.74) is 6.52. The molecule has 2 rings (SSSR count). The van der Waals surface area contributed by atoms with Crippen LogP contribution in [-0.4, -0.2) is 61.5 Å². The van der Waals surface area contributed by atoms with Gasteiger partial charge in [-0.3, -0.25) is 4.90 Å². The minimum Gasteiger partial charge on any atom is -0.441 e. The van der Waals surface area contributed by atoms with E-state index in [1.807, 2.05) is 32.0 Å². The van der Waals surface area contributed by atoms with Gasteiger partial charge in [0.2, 0.25) is 0 Å². The second-order valence-corrected chi connectivity index (χ2v) is 8.60. The number of hydrogen-bond donors (Lipinski definition) is 2. The molecule has 1 aromatic carbocycles. The summed E-state index contributed by atoms with van der Waals surface area (Å²) in [6.45, 7) is 17.2. The molecule has 1 amide bonds. The van der Waals surface area contributed by atoms with Crippen molar-refractivity contribution in [2.75, 3.05) is 44.2 Å². The third-order valence-electron chi connectivity index (χ3n) is 6.05. The molecule has 0 aliphatic carbocycles. The highest BCUT2D eigenvalue weighted by Gasteiger charge is 2.31. The van der Waals surface area contributed by atoms with Crippen LogP contribution in [-0.2, 0) is 4.74 Å². The fourth-order valence-electron chi connectivity index (χ4n) is 3.95. The molecule has 1 aliphatic heterocycles. The lowest BCUT2D eigenvalue weighted by atomic mass is 9.98. The highest BCUT2D eigenvalue weighted by atomic mass is 16.6. The summed E-state index contributed by atoms with van der Waals surface area (Å²) in [4.78, 5) is 16.1. The van der Waals surface area contributed by atoms with Gasteiger partial charge in [0.1, 0.15) is 6.10 Å². The van der Waals surface area contributed by atoms with Crippen molar-refractivity contribution in [1.82, 2.24) is 10.2 Å². The van der Waals surface area contributed by atoms with Gasteiger partial charge in [-0.25, -0.2) is 4.79 Å². The minimum absolute atomic E-state index is 0.164. The van der Waals surface area contributed by atoms with Crippen LogP contribution >= 0.6 is 0 Å². The summed E-state index contributed by atoms with van der Waals surface area (Å²) in [5, 5.41) is 12.9. The molecule has 182 valence electrons. The molecule has 1 saturated heterocycles. The van der Waals surface area contributed by atoms with E-state index in [0.29, 0.717) is 6.54 Å². The number of nitrogens with zero attached hydrogens (tertiary/aromatic N) is 2. The number of carbonyl (C=O) groups is 1. The summed E-state index contributed by atoms with van der Waals surface area (Å²) < 4.78 is 5.17. The normalized spacial score (nSPS) is 16.6. The molecule has 2 N–H and O–H groups in total. The molecule has 0 radical (unpaired) electrons. The average Bonchev–Trinajstić information content (AvgIpc) is 3.19. The number of amides is 1. The Hall–Kier alpha value is -2.57. The Balaban J connectivity index is 2.08. The van der Waals surface area contributed by atoms with Crippen LogP contribution in [0.4, 0.5) is 10.5 Å². The first-order valence-corrected chi connectivity index (χ1v) is 12.0. The molecule has 0 bridgehead atoms. The van der Waals surface area contributed by atoms with Crippen LogP contribution in [0.1, 0.15) is 52.2 Å². The Morgan fingerprint density at radius 3 is 2.55 bits per heavy atom. The largest absolute Gasteiger partial charge is 0.441 e. The van der Waals surface area contributed by atoms with Crippen molar-refractivity contribution in [3.63, 3.8) is 0 Å². The van der Waals surface area contributed by atoms with Crippen molar-refractivity contribution in [3.8, 4) is 0 Å². The van der Waals surface area contributed by atoms with Gasteiger partial charge in [0.15, 0.2) is 0 Å². The summed E-state index contributed by atoms with van der Waals surface area (Å²) in [7, 11) is 0. The van der Waals surface area contributed by atoms with Gasteiger partial charge in [0.25, 0.3) is 0 Å². The number of cyclic esters (lactones) is 1. The van der Waals surface area contributed by atoms with Crippen LogP contribution in [0.15, 0.2) is 47.7 Å². The van der Waals surface area contributed by atoms with E-state index in [2.05, 4.69) is 56.1 Å². The first kappa shape index (κ1) is 26.7. The molecule has 1 fully saturated rings. The van der Waals surface area contributed by atoms with Crippen LogP contribution in [0.2, 0.25) is 0 Å². The number of carbonyl (C=O) groups excluding carboxylic acids is 1. The van der Waals surface area contributed by atoms with Crippen LogP contribution in [0, 0.1) is 6.92 Å². The first-order chi connectivity index (χ1) is 15.8. The fourth-order valence-corrected chi connectivity index (χ4v) is 3.95. The molecule has 1 heterocycles. The van der Waals surface area contributed by atoms with Gasteiger partial charge >= 0.3 is 6.09 Å². The first-order valence-electron chi connectivity index (χ1n) is 12.0. The predicted octanol–water partition coefficient (Wildman–Crippen LogP) is 4.89. The van der Waals surface area contributed by atoms with Crippen molar-refractivity contribution in [3.05, 3.63) is 58.8 Å². The molecular formula is C27H41N3O3. The number of hydrogen-bond acceptors (Lipinski definition) is 5. The summed E-state index contributed by atoms with van der Waals surface area (Å²) in [6.07, 6.45) is 6.64. The van der Waals surface area contributed by atoms with Crippen molar-refractivity contribution in [2.24, 2.45) is 0 Å². The van der Waals surface area contributed by atoms with Gasteiger partial charge in [-0.05, 0) is 88.7 Å². The lowest BCUT2D eigenvalue weighted by Gasteiger charge is -2.18. The predicted molar refractivity (Wildman–Crippen MR) is 137 cm³/mol. The lowest BCUT2D eigenvalue weighted by molar-refractivity contribution is 0.0963. The van der Waals surface area contributed by atoms with E-state index in [4.69, 9.17) is 4.74 Å². The van der Waals surface area contributed by atoms with Gasteiger partial charge < -0.3 is 20.1 Å². The summed E-state index contributed by atoms with van der Waals surface area (Å²) >= 11 is 0. The minimum atomic E-state index is -0.464. The van der Waals surface area contributed by atoms with Crippen LogP contribution in [0.3, 0.4) is 0 Å². The number of allylic oxidation sites excluding steroid dienone is 5. The van der Waals surface area contributed by atoms with E-state index in [9.17, 15) is 9.90 Å². The molecule has 1 aromatic rings. The Bertz CT molecular complexity index is 881. The van der Waals surface area contributed by atoms with E-state index in [1.54, 1.807) is 4.90 Å². The molecular weight excluding hydrogens is 414 g/mol. The third kappa shape index (κ3) is 7.47. The lowest BCUT2D eigenvalue weighted by Crippen LogP contribution is -2.27. The average molecular weight is 456 g/mol. The molecule has 0 spiro atoms. The third-order valence-corrected chi connectivity index (χ3v) is 6.05. The van der Waals surface area contributed by atoms with Crippen LogP contribution < -0.4 is 10.2 Å². The van der Waals surface area contributed by atoms with E-state index in [-0.39, 0.29) is 6.61 Å². The maximum absolute atomic E-state index is 12.1. The smallest absolute Gasteiger partial charge is 0.414 e. The Morgan fingerprint density at radius 2 is 2.00 bits per heavy atom. The highest BCUT2D eigenvalue weighted by Crippen LogP contribution is 2.28. The van der Waals surface area contributed by atoms with Crippen molar-refractivity contribution < 1.29 is 14.6 Å². The van der Waals surface area contributed by atoms with Gasteiger partial charge in [-0.15, -0.1) is 0 Å². The highest BCUT2D eigenvalue weighted by molar-refractivity contribution is 5.90. The van der Waals surface area contributed by atoms with Crippen molar-refractivity contribution in [2.45, 2.75) is 54.1 Å². The summed E-state index contributed by atoms with van der Waals surface area (Å²) in [6, 6.07) is 5.98. The number of rotatable bonds is 12. The van der Waals surface area contributed by atoms with E-state index >= 15 is 0 Å². The van der Waals surface area contributed by atoms with Gasteiger partial charge in [0.05, 0.1) is 13.2 Å². The number of benzene rings is 1. The SMILES string of the molecule is C/C=C(\C=C/C(NCCCN(CC)CC)=C(C)C)c1ccc(N2CC(CO)OC2=O)cc1C. The molecule has 0 saturated carbocycles. The number of aliphatic hydroxyl groups is 1. The second-order valence-electron chi connectivity index (χ2n) is 8.60. The molecule has 6 heteroatoms. The number of aliphatic hydroxyl groups excluding tert-OH is 1. The Morgan fingerprint density at radius 1 is 1.27 bits per heavy atom. The summed E-state index contributed by atoms with van der Waals surface area (Å²) in [5.74, 6) is 0. The maximum atomic E-state index is 12.1. The zero-order valence-corrected chi connectivity index (χ0v) is 21.1. The van der Waals surface area contributed by atoms with E-state index in [1.165, 1.54) is 5.57 Å². The molecule has 1 unspecified atom stereocenters. The Kier molecular flexibility index (Phi) is 10.7. The topological polar surface area (TPSA) is 65.0 Å². The van der Waals surface area contributed by atoms with Crippen molar-refractivity contribution in [1.29, 1.82) is 0 Å². The number of aryl methyl sites for hydroxylation is 1. The zero-order chi connectivity index (χ0) is 24.4. The molecule has 1 atom stereocenters. The monoisotopic (exact) mass is 455 g/mol. The molecule has 33 heavy (non-hydrogen) atoms. The number of anilines is 1. The van der Waals surface area contributed by atoms with Crippen LogP contribution in [0.25, 0.3) is 5.57 Å². The molecule has 1 aliphatic rings. The standard InChI is InChI=1S/C27H41N3O3/c1-7-22(11-14-26(20(4)5)28-15-10-16-29(8-2)9-3)25-13-12-23(17-21(25)6)30-18-24(19-31)33-27(30)32/h7,11-14,17,24,28,31H,8-10,15-16,18-19H2,1-6H3/b14-11-,22-7+. The van der Waals surface area contributed by atoms with E-state index < -0.39 is 12.2 Å². The van der Waals surface area contributed by atoms with Crippen LogP contribution in [0.5, 0.6) is 0 Å². The van der Waals surface area contributed by atoms with Gasteiger partial charge in [0, 0.05) is 17.9 Å². The fraction of sp³-hybridized carbons (Fsp3) is 0.519. The van der Waals surface area contributed by atoms with Crippen molar-refractivity contribution >= 4 is 17.4 Å². The zero-order valence-electron chi connectivity index (χ0n) is 21.1. The quantitative estimate of drug-likeness (QED) is 0.347. The number of nitrogens with one attached hydrogen (secondary N) is 1. The molecule has 6 nitrogen and oxygen atoms in total. The number of ether oxygens (including phenoxy) is 1. The molecule has 0 aromatic heterocycles. The van der Waals surface area contributed by atoms with Gasteiger partial charge in [-0.2, -0.15) is 0 Å².